The van der Waals surface area contributed by atoms with Gasteiger partial charge in [0.05, 0.1) is 10.5 Å². The van der Waals surface area contributed by atoms with Crippen LogP contribution in [0.4, 0.5) is 5.69 Å². The fourth-order valence-corrected chi connectivity index (χ4v) is 2.48. The lowest BCUT2D eigenvalue weighted by molar-refractivity contribution is -0.384. The second-order valence-electron chi connectivity index (χ2n) is 5.46. The van der Waals surface area contributed by atoms with E-state index in [0.717, 1.165) is 11.6 Å². The monoisotopic (exact) mass is 392 g/mol. The molecule has 1 heterocycles. The fraction of sp³-hybridized carbons (Fsp3) is 0.176. The molecule has 0 radical (unpaired) electrons. The molecule has 3 rings (SSSR count). The first kappa shape index (κ1) is 18.5. The molecule has 27 heavy (non-hydrogen) atoms. The van der Waals surface area contributed by atoms with Gasteiger partial charge in [0.15, 0.2) is 18.1 Å². The second-order valence-corrected chi connectivity index (χ2v) is 5.87. The lowest BCUT2D eigenvalue weighted by Crippen LogP contribution is -2.28. The van der Waals surface area contributed by atoms with E-state index in [-0.39, 0.29) is 23.9 Å². The topological polar surface area (TPSA) is 117 Å². The number of benzene rings is 2. The first-order chi connectivity index (χ1) is 12.9. The Hall–Kier alpha value is -3.33. The van der Waals surface area contributed by atoms with Gasteiger partial charge in [-0.2, -0.15) is 0 Å². The predicted molar refractivity (Wildman–Crippen MR) is 92.8 cm³/mol. The van der Waals surface area contributed by atoms with Crippen LogP contribution >= 0.6 is 11.6 Å². The number of nitrogens with zero attached hydrogens (tertiary/aromatic N) is 1. The maximum Gasteiger partial charge on any atom is 0.338 e. The van der Waals surface area contributed by atoms with Gasteiger partial charge in [0.1, 0.15) is 5.02 Å². The summed E-state index contributed by atoms with van der Waals surface area (Å²) in [5.41, 5.74) is 0.292. The molecule has 0 aliphatic carbocycles. The summed E-state index contributed by atoms with van der Waals surface area (Å²) in [4.78, 5) is 33.9. The van der Waals surface area contributed by atoms with E-state index in [0.29, 0.717) is 11.5 Å². The molecule has 0 atom stereocenters. The number of nitro groups is 1. The Morgan fingerprint density at radius 3 is 2.74 bits per heavy atom. The summed E-state index contributed by atoms with van der Waals surface area (Å²) < 4.78 is 15.3. The number of nitro benzene ring substituents is 1. The molecule has 2 aromatic carbocycles. The highest BCUT2D eigenvalue weighted by atomic mass is 35.5. The normalized spacial score (nSPS) is 11.7. The molecule has 0 fully saturated rings. The van der Waals surface area contributed by atoms with Gasteiger partial charge in [0, 0.05) is 12.6 Å². The number of fused-ring (bicyclic) bond motifs is 1. The van der Waals surface area contributed by atoms with Gasteiger partial charge in [-0.3, -0.25) is 14.9 Å². The zero-order valence-corrected chi connectivity index (χ0v) is 14.5. The van der Waals surface area contributed by atoms with Gasteiger partial charge in [-0.25, -0.2) is 4.79 Å². The molecule has 1 aliphatic rings. The lowest BCUT2D eigenvalue weighted by Gasteiger charge is -2.07. The number of amides is 1. The van der Waals surface area contributed by atoms with Crippen LogP contribution in [0.2, 0.25) is 5.02 Å². The number of rotatable bonds is 6. The third kappa shape index (κ3) is 4.45. The van der Waals surface area contributed by atoms with Crippen molar-refractivity contribution in [2.24, 2.45) is 0 Å². The van der Waals surface area contributed by atoms with Crippen molar-refractivity contribution in [2.75, 3.05) is 13.4 Å². The van der Waals surface area contributed by atoms with Crippen LogP contribution in [0.3, 0.4) is 0 Å². The molecule has 9 nitrogen and oxygen atoms in total. The highest BCUT2D eigenvalue weighted by Crippen LogP contribution is 2.32. The maximum absolute atomic E-state index is 11.9. The number of hydrogen-bond acceptors (Lipinski definition) is 7. The van der Waals surface area contributed by atoms with Crippen molar-refractivity contribution in [3.8, 4) is 11.5 Å². The van der Waals surface area contributed by atoms with Gasteiger partial charge in [-0.1, -0.05) is 17.7 Å². The van der Waals surface area contributed by atoms with Crippen molar-refractivity contribution in [1.29, 1.82) is 0 Å². The summed E-state index contributed by atoms with van der Waals surface area (Å²) >= 11 is 5.68. The Morgan fingerprint density at radius 1 is 1.19 bits per heavy atom. The molecule has 140 valence electrons. The van der Waals surface area contributed by atoms with Crippen LogP contribution in [0.1, 0.15) is 15.9 Å². The Labute approximate surface area is 157 Å². The van der Waals surface area contributed by atoms with E-state index >= 15 is 0 Å². The number of carbonyl (C=O) groups is 2. The first-order valence-electron chi connectivity index (χ1n) is 7.70. The van der Waals surface area contributed by atoms with Gasteiger partial charge in [0.25, 0.3) is 11.6 Å². The molecule has 0 saturated carbocycles. The van der Waals surface area contributed by atoms with E-state index in [1.807, 2.05) is 0 Å². The average Bonchev–Trinajstić information content (AvgIpc) is 3.12. The molecule has 1 N–H and O–H groups in total. The molecule has 2 aromatic rings. The minimum Gasteiger partial charge on any atom is -0.454 e. The van der Waals surface area contributed by atoms with Gasteiger partial charge < -0.3 is 19.5 Å². The number of ether oxygens (including phenoxy) is 3. The summed E-state index contributed by atoms with van der Waals surface area (Å²) in [5, 5.41) is 13.3. The van der Waals surface area contributed by atoms with Crippen molar-refractivity contribution < 1.29 is 28.7 Å². The molecule has 10 heteroatoms. The smallest absolute Gasteiger partial charge is 0.338 e. The Kier molecular flexibility index (Phi) is 5.41. The summed E-state index contributed by atoms with van der Waals surface area (Å²) in [6, 6.07) is 8.73. The van der Waals surface area contributed by atoms with E-state index in [4.69, 9.17) is 25.8 Å². The number of nitrogens with one attached hydrogen (secondary N) is 1. The average molecular weight is 393 g/mol. The third-order valence-corrected chi connectivity index (χ3v) is 3.96. The van der Waals surface area contributed by atoms with Crippen LogP contribution in [-0.2, 0) is 16.1 Å². The summed E-state index contributed by atoms with van der Waals surface area (Å²) in [5.74, 6) is -0.161. The number of esters is 1. The molecule has 0 saturated heterocycles. The zero-order valence-electron chi connectivity index (χ0n) is 13.8. The molecular weight excluding hydrogens is 380 g/mol. The SMILES string of the molecule is O=C(COC(=O)c1ccc(Cl)c([N+](=O)[O-])c1)NCc1ccc2c(c1)OCO2. The standard InChI is InChI=1S/C17H13ClN2O7/c18-12-3-2-11(6-13(12)20(23)24)17(22)25-8-16(21)19-7-10-1-4-14-15(5-10)27-9-26-14/h1-6H,7-9H2,(H,19,21). The molecule has 0 spiro atoms. The van der Waals surface area contributed by atoms with Crippen molar-refractivity contribution >= 4 is 29.2 Å². The van der Waals surface area contributed by atoms with Crippen LogP contribution in [0.5, 0.6) is 11.5 Å². The Balaban J connectivity index is 1.51. The first-order valence-corrected chi connectivity index (χ1v) is 8.08. The number of hydrogen-bond donors (Lipinski definition) is 1. The maximum atomic E-state index is 11.9. The van der Waals surface area contributed by atoms with Gasteiger partial charge >= 0.3 is 5.97 Å². The highest BCUT2D eigenvalue weighted by Gasteiger charge is 2.18. The number of carbonyl (C=O) groups excluding carboxylic acids is 2. The van der Waals surface area contributed by atoms with Crippen LogP contribution in [0.15, 0.2) is 36.4 Å². The number of halogens is 1. The predicted octanol–water partition coefficient (Wildman–Crippen LogP) is 2.45. The van der Waals surface area contributed by atoms with Crippen molar-refractivity contribution in [3.05, 3.63) is 62.7 Å². The summed E-state index contributed by atoms with van der Waals surface area (Å²) in [6.45, 7) is -0.163. The Morgan fingerprint density at radius 2 is 1.96 bits per heavy atom. The second kappa shape index (κ2) is 7.92. The molecule has 1 amide bonds. The van der Waals surface area contributed by atoms with Crippen molar-refractivity contribution in [3.63, 3.8) is 0 Å². The van der Waals surface area contributed by atoms with E-state index in [9.17, 15) is 19.7 Å². The van der Waals surface area contributed by atoms with Crippen LogP contribution < -0.4 is 14.8 Å². The lowest BCUT2D eigenvalue weighted by atomic mass is 10.2. The molecular formula is C17H13ClN2O7. The minimum absolute atomic E-state index is 0.0744. The molecule has 0 unspecified atom stereocenters. The highest BCUT2D eigenvalue weighted by molar-refractivity contribution is 6.32. The van der Waals surface area contributed by atoms with Crippen molar-refractivity contribution in [1.82, 2.24) is 5.32 Å². The van der Waals surface area contributed by atoms with Crippen LogP contribution in [0.25, 0.3) is 0 Å². The van der Waals surface area contributed by atoms with E-state index in [2.05, 4.69) is 5.32 Å². The van der Waals surface area contributed by atoms with E-state index in [1.54, 1.807) is 18.2 Å². The van der Waals surface area contributed by atoms with E-state index < -0.39 is 29.1 Å². The quantitative estimate of drug-likeness (QED) is 0.455. The largest absolute Gasteiger partial charge is 0.454 e. The minimum atomic E-state index is -0.868. The zero-order chi connectivity index (χ0) is 19.4. The van der Waals surface area contributed by atoms with Gasteiger partial charge in [-0.05, 0) is 29.8 Å². The van der Waals surface area contributed by atoms with Crippen LogP contribution in [-0.4, -0.2) is 30.2 Å². The summed E-state index contributed by atoms with van der Waals surface area (Å²) in [7, 11) is 0. The fourth-order valence-electron chi connectivity index (χ4n) is 2.30. The van der Waals surface area contributed by atoms with Crippen molar-refractivity contribution in [2.45, 2.75) is 6.54 Å². The van der Waals surface area contributed by atoms with E-state index in [1.165, 1.54) is 12.1 Å². The van der Waals surface area contributed by atoms with Gasteiger partial charge in [0.2, 0.25) is 6.79 Å². The third-order valence-electron chi connectivity index (χ3n) is 3.64. The van der Waals surface area contributed by atoms with Gasteiger partial charge in [-0.15, -0.1) is 0 Å². The Bertz CT molecular complexity index is 916. The molecule has 0 bridgehead atoms. The molecule has 1 aliphatic heterocycles. The molecule has 0 aromatic heterocycles. The summed E-state index contributed by atoms with van der Waals surface area (Å²) in [6.07, 6.45) is 0. The van der Waals surface area contributed by atoms with Crippen LogP contribution in [0, 0.1) is 10.1 Å².